The molecule has 1 fully saturated rings. The van der Waals surface area contributed by atoms with Crippen LogP contribution in [0.15, 0.2) is 0 Å². The molecule has 0 spiro atoms. The van der Waals surface area contributed by atoms with Gasteiger partial charge in [-0.2, -0.15) is 18.1 Å². The third-order valence-electron chi connectivity index (χ3n) is 1.50. The highest BCUT2D eigenvalue weighted by molar-refractivity contribution is 5.79. The highest BCUT2D eigenvalue weighted by atomic mass is 19.4. The number of hydrogen-bond acceptors (Lipinski definition) is 3. The molecule has 1 saturated heterocycles. The Morgan fingerprint density at radius 2 is 2.25 bits per heavy atom. The van der Waals surface area contributed by atoms with E-state index in [2.05, 4.69) is 4.74 Å². The van der Waals surface area contributed by atoms with Gasteiger partial charge in [-0.3, -0.25) is 4.79 Å². The van der Waals surface area contributed by atoms with Crippen molar-refractivity contribution in [2.75, 3.05) is 13.2 Å². The predicted octanol–water partition coefficient (Wildman–Crippen LogP) is 0.754. The van der Waals surface area contributed by atoms with Crippen molar-refractivity contribution in [2.45, 2.75) is 19.3 Å². The minimum absolute atomic E-state index is 0.112. The molecule has 2 unspecified atom stereocenters. The quantitative estimate of drug-likeness (QED) is 0.359. The number of halogens is 3. The van der Waals surface area contributed by atoms with Gasteiger partial charge in [0.05, 0.1) is 6.61 Å². The van der Waals surface area contributed by atoms with Gasteiger partial charge >= 0.3 is 12.3 Å². The van der Waals surface area contributed by atoms with E-state index in [0.717, 1.165) is 0 Å². The average molecular weight is 183 g/mol. The van der Waals surface area contributed by atoms with E-state index >= 15 is 0 Å². The smallest absolute Gasteiger partial charge is 0.460 e. The molecular formula is C6H8F3NO2. The number of alkyl halides is 3. The van der Waals surface area contributed by atoms with Crippen LogP contribution in [0.3, 0.4) is 0 Å². The summed E-state index contributed by atoms with van der Waals surface area (Å²) in [4.78, 5) is 10.8. The van der Waals surface area contributed by atoms with Gasteiger partial charge in [0, 0.05) is 6.54 Å². The fourth-order valence-corrected chi connectivity index (χ4v) is 0.860. The molecule has 0 radical (unpaired) electrons. The number of ether oxygens (including phenoxy) is 1. The number of hydrogen-bond donors (Lipinski definition) is 0. The fourth-order valence-electron chi connectivity index (χ4n) is 0.860. The lowest BCUT2D eigenvalue weighted by Crippen LogP contribution is -2.26. The Kier molecular flexibility index (Phi) is 2.27. The van der Waals surface area contributed by atoms with E-state index in [9.17, 15) is 18.0 Å². The molecule has 1 aliphatic rings. The van der Waals surface area contributed by atoms with E-state index in [0.29, 0.717) is 0 Å². The van der Waals surface area contributed by atoms with Crippen LogP contribution in [0, 0.1) is 0 Å². The molecular weight excluding hydrogens is 175 g/mol. The van der Waals surface area contributed by atoms with Crippen molar-refractivity contribution in [1.82, 2.24) is 4.90 Å². The Morgan fingerprint density at radius 3 is 2.58 bits per heavy atom. The van der Waals surface area contributed by atoms with Crippen LogP contribution < -0.4 is 0 Å². The third-order valence-corrected chi connectivity index (χ3v) is 1.50. The lowest BCUT2D eigenvalue weighted by Gasteiger charge is -2.06. The largest absolute Gasteiger partial charge is 0.465 e. The lowest BCUT2D eigenvalue weighted by molar-refractivity contribution is -0.210. The summed E-state index contributed by atoms with van der Waals surface area (Å²) in [5.41, 5.74) is 0. The standard InChI is InChI=1S/C6H8F3NO2/c1-2-12-5(11)4-3-10(4)6(7,8)9/h4H,2-3H2,1H3. The normalized spacial score (nSPS) is 28.3. The maximum Gasteiger partial charge on any atom is 0.460 e. The minimum Gasteiger partial charge on any atom is -0.465 e. The average Bonchev–Trinajstić information content (AvgIpc) is 2.62. The predicted molar refractivity (Wildman–Crippen MR) is 33.2 cm³/mol. The van der Waals surface area contributed by atoms with Gasteiger partial charge in [-0.1, -0.05) is 0 Å². The van der Waals surface area contributed by atoms with Crippen LogP contribution in [0.2, 0.25) is 0 Å². The van der Waals surface area contributed by atoms with Crippen LogP contribution in [-0.2, 0) is 9.53 Å². The van der Waals surface area contributed by atoms with Gasteiger partial charge in [0.15, 0.2) is 0 Å². The van der Waals surface area contributed by atoms with Crippen LogP contribution >= 0.6 is 0 Å². The summed E-state index contributed by atoms with van der Waals surface area (Å²) in [7, 11) is 0. The molecule has 1 heterocycles. The van der Waals surface area contributed by atoms with Crippen molar-refractivity contribution in [3.05, 3.63) is 0 Å². The van der Waals surface area contributed by atoms with E-state index in [4.69, 9.17) is 0 Å². The summed E-state index contributed by atoms with van der Waals surface area (Å²) < 4.78 is 39.8. The van der Waals surface area contributed by atoms with Crippen LogP contribution in [0.25, 0.3) is 0 Å². The molecule has 0 aromatic carbocycles. The Bertz CT molecular complexity index is 192. The zero-order valence-corrected chi connectivity index (χ0v) is 6.39. The molecule has 0 saturated carbocycles. The van der Waals surface area contributed by atoms with E-state index in [1.807, 2.05) is 0 Å². The molecule has 1 aliphatic heterocycles. The van der Waals surface area contributed by atoms with E-state index < -0.39 is 18.3 Å². The third kappa shape index (κ3) is 1.88. The highest BCUT2D eigenvalue weighted by Gasteiger charge is 2.57. The Balaban J connectivity index is 2.37. The van der Waals surface area contributed by atoms with Crippen molar-refractivity contribution >= 4 is 5.97 Å². The minimum atomic E-state index is -4.41. The first-order valence-electron chi connectivity index (χ1n) is 3.47. The summed E-state index contributed by atoms with van der Waals surface area (Å²) in [5.74, 6) is -0.796. The zero-order valence-electron chi connectivity index (χ0n) is 6.39. The van der Waals surface area contributed by atoms with Gasteiger partial charge in [0.1, 0.15) is 6.04 Å². The van der Waals surface area contributed by atoms with E-state index in [1.165, 1.54) is 0 Å². The van der Waals surface area contributed by atoms with Crippen LogP contribution in [0.1, 0.15) is 6.92 Å². The Hall–Kier alpha value is -0.780. The topological polar surface area (TPSA) is 29.3 Å². The van der Waals surface area contributed by atoms with E-state index in [-0.39, 0.29) is 18.1 Å². The molecule has 12 heavy (non-hydrogen) atoms. The van der Waals surface area contributed by atoms with Crippen molar-refractivity contribution < 1.29 is 22.7 Å². The second kappa shape index (κ2) is 2.93. The lowest BCUT2D eigenvalue weighted by atomic mass is 10.5. The van der Waals surface area contributed by atoms with Gasteiger partial charge in [0.2, 0.25) is 0 Å². The first-order chi connectivity index (χ1) is 5.46. The molecule has 0 aromatic rings. The molecule has 70 valence electrons. The van der Waals surface area contributed by atoms with Crippen molar-refractivity contribution in [3.63, 3.8) is 0 Å². The molecule has 0 aliphatic carbocycles. The molecule has 6 heteroatoms. The van der Waals surface area contributed by atoms with Gasteiger partial charge in [-0.25, -0.2) is 0 Å². The highest BCUT2D eigenvalue weighted by Crippen LogP contribution is 2.33. The number of esters is 1. The van der Waals surface area contributed by atoms with Crippen LogP contribution in [0.5, 0.6) is 0 Å². The van der Waals surface area contributed by atoms with Crippen LogP contribution in [-0.4, -0.2) is 36.4 Å². The number of nitrogens with zero attached hydrogens (tertiary/aromatic N) is 1. The van der Waals surface area contributed by atoms with E-state index in [1.54, 1.807) is 6.92 Å². The second-order valence-electron chi connectivity index (χ2n) is 2.39. The SMILES string of the molecule is CCOC(=O)C1CN1C(F)(F)F. The van der Waals surface area contributed by atoms with Gasteiger partial charge < -0.3 is 4.74 Å². The zero-order chi connectivity index (χ0) is 9.35. The molecule has 3 nitrogen and oxygen atoms in total. The maximum absolute atomic E-state index is 11.8. The Morgan fingerprint density at radius 1 is 1.67 bits per heavy atom. The maximum atomic E-state index is 11.8. The first kappa shape index (κ1) is 9.31. The number of rotatable bonds is 2. The van der Waals surface area contributed by atoms with Gasteiger partial charge in [-0.15, -0.1) is 0 Å². The van der Waals surface area contributed by atoms with Gasteiger partial charge in [0.25, 0.3) is 0 Å². The molecule has 0 bridgehead atoms. The monoisotopic (exact) mass is 183 g/mol. The summed E-state index contributed by atoms with van der Waals surface area (Å²) in [6.07, 6.45) is -4.41. The molecule has 0 amide bonds. The number of carbonyl (C=O) groups is 1. The summed E-state index contributed by atoms with van der Waals surface area (Å²) in [5, 5.41) is 0. The summed E-state index contributed by atoms with van der Waals surface area (Å²) in [6, 6.07) is -1.11. The van der Waals surface area contributed by atoms with Crippen molar-refractivity contribution in [3.8, 4) is 0 Å². The summed E-state index contributed by atoms with van der Waals surface area (Å²) in [6.45, 7) is 1.39. The molecule has 0 aromatic heterocycles. The fraction of sp³-hybridized carbons (Fsp3) is 0.833. The van der Waals surface area contributed by atoms with Crippen molar-refractivity contribution in [1.29, 1.82) is 0 Å². The molecule has 2 atom stereocenters. The van der Waals surface area contributed by atoms with Crippen molar-refractivity contribution in [2.24, 2.45) is 0 Å². The second-order valence-corrected chi connectivity index (χ2v) is 2.39. The molecule has 0 N–H and O–H groups in total. The summed E-state index contributed by atoms with van der Waals surface area (Å²) >= 11 is 0. The molecule has 1 rings (SSSR count). The van der Waals surface area contributed by atoms with Gasteiger partial charge in [-0.05, 0) is 6.92 Å². The Labute approximate surface area is 67.1 Å². The van der Waals surface area contributed by atoms with Crippen LogP contribution in [0.4, 0.5) is 13.2 Å². The number of carbonyl (C=O) groups excluding carboxylic acids is 1. The first-order valence-corrected chi connectivity index (χ1v) is 3.47.